The fraction of sp³-hybridized carbons (Fsp3) is 0.312. The molecule has 0 atom stereocenters. The zero-order valence-electron chi connectivity index (χ0n) is 13.7. The minimum absolute atomic E-state index is 0.748. The molecule has 0 bridgehead atoms. The molecule has 0 unspecified atom stereocenters. The van der Waals surface area contributed by atoms with Gasteiger partial charge in [0.2, 0.25) is 0 Å². The Bertz CT molecular complexity index is 1050. The number of fused-ring (bicyclic) bond motifs is 2. The van der Waals surface area contributed by atoms with Crippen LogP contribution in [0.25, 0.3) is 16.7 Å². The Labute approximate surface area is 142 Å². The molecule has 1 fully saturated rings. The maximum Gasteiger partial charge on any atom is 0.176 e. The average molecular weight is 336 g/mol. The van der Waals surface area contributed by atoms with E-state index in [9.17, 15) is 0 Å². The van der Waals surface area contributed by atoms with E-state index in [1.807, 2.05) is 29.8 Å². The summed E-state index contributed by atoms with van der Waals surface area (Å²) in [6.45, 7) is 5.36. The predicted molar refractivity (Wildman–Crippen MR) is 91.7 cm³/mol. The third-order valence-electron chi connectivity index (χ3n) is 4.54. The van der Waals surface area contributed by atoms with Crippen LogP contribution in [-0.2, 0) is 0 Å². The van der Waals surface area contributed by atoms with Gasteiger partial charge < -0.3 is 9.80 Å². The topological polar surface area (TPSA) is 88.5 Å². The Balaban J connectivity index is 1.42. The van der Waals surface area contributed by atoms with Crippen LogP contribution in [0.5, 0.6) is 0 Å². The van der Waals surface area contributed by atoms with E-state index in [1.54, 1.807) is 6.20 Å². The molecule has 3 aromatic heterocycles. The number of anilines is 2. The number of benzene rings is 1. The lowest BCUT2D eigenvalue weighted by Gasteiger charge is -2.36. The monoisotopic (exact) mass is 336 g/mol. The number of hydrogen-bond donors (Lipinski definition) is 0. The van der Waals surface area contributed by atoms with Crippen LogP contribution in [0.3, 0.4) is 0 Å². The van der Waals surface area contributed by atoms with Gasteiger partial charge in [0.05, 0.1) is 18.1 Å². The molecular weight excluding hydrogens is 320 g/mol. The van der Waals surface area contributed by atoms with Gasteiger partial charge in [0.15, 0.2) is 17.0 Å². The molecule has 1 aromatic carbocycles. The molecule has 0 aliphatic carbocycles. The Morgan fingerprint density at radius 1 is 1.00 bits per heavy atom. The first-order valence-corrected chi connectivity index (χ1v) is 8.18. The maximum absolute atomic E-state index is 4.87. The number of rotatable bonds is 2. The van der Waals surface area contributed by atoms with E-state index in [2.05, 4.69) is 41.2 Å². The molecule has 1 saturated heterocycles. The minimum atomic E-state index is 0.748. The summed E-state index contributed by atoms with van der Waals surface area (Å²) in [5, 5.41) is 12.4. The van der Waals surface area contributed by atoms with E-state index < -0.39 is 0 Å². The zero-order chi connectivity index (χ0) is 16.8. The van der Waals surface area contributed by atoms with Gasteiger partial charge in [-0.15, -0.1) is 5.10 Å². The molecule has 0 amide bonds. The van der Waals surface area contributed by atoms with Gasteiger partial charge in [-0.1, -0.05) is 6.07 Å². The average Bonchev–Trinajstić information content (AvgIpc) is 3.26. The molecule has 4 heterocycles. The number of piperazine rings is 1. The maximum atomic E-state index is 4.87. The number of hydrogen-bond acceptors (Lipinski definition) is 8. The lowest BCUT2D eigenvalue weighted by atomic mass is 10.2. The van der Waals surface area contributed by atoms with Gasteiger partial charge in [-0.3, -0.25) is 4.98 Å². The Morgan fingerprint density at radius 3 is 2.72 bits per heavy atom. The summed E-state index contributed by atoms with van der Waals surface area (Å²) in [7, 11) is 0. The third kappa shape index (κ3) is 2.27. The number of nitrogens with zero attached hydrogens (tertiary/aromatic N) is 8. The van der Waals surface area contributed by atoms with Gasteiger partial charge in [0, 0.05) is 26.2 Å². The highest BCUT2D eigenvalue weighted by atomic mass is 16.6. The van der Waals surface area contributed by atoms with Crippen molar-refractivity contribution in [2.75, 3.05) is 36.0 Å². The molecule has 126 valence electrons. The second kappa shape index (κ2) is 5.40. The van der Waals surface area contributed by atoms with Crippen molar-refractivity contribution in [1.29, 1.82) is 0 Å². The standard InChI is InChI=1S/C16H16N8O/c1-11-18-14-9-17-10-15(24(14)19-11)23-7-5-22(6-8-23)13-4-2-3-12-16(13)21-25-20-12/h2-4,9-10H,5-8H2,1H3. The molecule has 5 rings (SSSR count). The van der Waals surface area contributed by atoms with Gasteiger partial charge >= 0.3 is 0 Å². The highest BCUT2D eigenvalue weighted by Crippen LogP contribution is 2.26. The van der Waals surface area contributed by atoms with Crippen molar-refractivity contribution < 1.29 is 4.63 Å². The highest BCUT2D eigenvalue weighted by molar-refractivity contribution is 5.87. The van der Waals surface area contributed by atoms with Crippen molar-refractivity contribution in [3.05, 3.63) is 36.4 Å². The molecule has 4 aromatic rings. The van der Waals surface area contributed by atoms with Crippen LogP contribution < -0.4 is 9.80 Å². The largest absolute Gasteiger partial charge is 0.366 e. The second-order valence-electron chi connectivity index (χ2n) is 6.08. The van der Waals surface area contributed by atoms with Crippen LogP contribution >= 0.6 is 0 Å². The first-order chi connectivity index (χ1) is 12.3. The fourth-order valence-electron chi connectivity index (χ4n) is 3.35. The van der Waals surface area contributed by atoms with Crippen molar-refractivity contribution in [3.63, 3.8) is 0 Å². The Morgan fingerprint density at radius 2 is 1.84 bits per heavy atom. The third-order valence-corrected chi connectivity index (χ3v) is 4.54. The van der Waals surface area contributed by atoms with Crippen LogP contribution in [0, 0.1) is 6.92 Å². The van der Waals surface area contributed by atoms with Gasteiger partial charge in [0.1, 0.15) is 11.3 Å². The minimum Gasteiger partial charge on any atom is -0.366 e. The van der Waals surface area contributed by atoms with Crippen molar-refractivity contribution in [1.82, 2.24) is 29.9 Å². The first-order valence-electron chi connectivity index (χ1n) is 8.18. The molecule has 1 aliphatic rings. The summed E-state index contributed by atoms with van der Waals surface area (Å²) in [5.41, 5.74) is 3.43. The fourth-order valence-corrected chi connectivity index (χ4v) is 3.35. The van der Waals surface area contributed by atoms with Crippen molar-refractivity contribution in [3.8, 4) is 0 Å². The molecule has 0 spiro atoms. The summed E-state index contributed by atoms with van der Waals surface area (Å²) in [4.78, 5) is 13.3. The van der Waals surface area contributed by atoms with Gasteiger partial charge in [0.25, 0.3) is 0 Å². The highest BCUT2D eigenvalue weighted by Gasteiger charge is 2.22. The van der Waals surface area contributed by atoms with E-state index in [4.69, 9.17) is 4.63 Å². The molecular formula is C16H16N8O. The first kappa shape index (κ1) is 14.1. The Kier molecular flexibility index (Phi) is 3.06. The summed E-state index contributed by atoms with van der Waals surface area (Å²) in [6, 6.07) is 5.95. The molecule has 0 N–H and O–H groups in total. The molecule has 9 heteroatoms. The molecule has 0 radical (unpaired) electrons. The smallest absolute Gasteiger partial charge is 0.176 e. The summed E-state index contributed by atoms with van der Waals surface area (Å²) in [6.07, 6.45) is 3.58. The van der Waals surface area contributed by atoms with Crippen LogP contribution in [-0.4, -0.2) is 56.1 Å². The normalized spacial score (nSPS) is 15.4. The molecule has 25 heavy (non-hydrogen) atoms. The van der Waals surface area contributed by atoms with Crippen molar-refractivity contribution in [2.45, 2.75) is 6.92 Å². The van der Waals surface area contributed by atoms with E-state index in [0.29, 0.717) is 0 Å². The van der Waals surface area contributed by atoms with Crippen LogP contribution in [0.15, 0.2) is 35.2 Å². The van der Waals surface area contributed by atoms with Gasteiger partial charge in [-0.25, -0.2) is 9.61 Å². The van der Waals surface area contributed by atoms with E-state index >= 15 is 0 Å². The Hall–Kier alpha value is -3.23. The SMILES string of the molecule is Cc1nc2cncc(N3CCN(c4cccc5nonc45)CC3)n2n1. The summed E-state index contributed by atoms with van der Waals surface area (Å²) >= 11 is 0. The predicted octanol–water partition coefficient (Wildman–Crippen LogP) is 1.30. The van der Waals surface area contributed by atoms with Crippen LogP contribution in [0.1, 0.15) is 5.82 Å². The van der Waals surface area contributed by atoms with Crippen molar-refractivity contribution >= 4 is 28.2 Å². The lowest BCUT2D eigenvalue weighted by Crippen LogP contribution is -2.47. The van der Waals surface area contributed by atoms with E-state index in [1.165, 1.54) is 0 Å². The summed E-state index contributed by atoms with van der Waals surface area (Å²) in [5.74, 6) is 1.72. The van der Waals surface area contributed by atoms with Crippen LogP contribution in [0.4, 0.5) is 11.5 Å². The zero-order valence-corrected chi connectivity index (χ0v) is 13.7. The van der Waals surface area contributed by atoms with Gasteiger partial charge in [-0.2, -0.15) is 4.52 Å². The molecule has 0 saturated carbocycles. The molecule has 1 aliphatic heterocycles. The lowest BCUT2D eigenvalue weighted by molar-refractivity contribution is 0.315. The van der Waals surface area contributed by atoms with E-state index in [0.717, 1.165) is 60.2 Å². The second-order valence-corrected chi connectivity index (χ2v) is 6.08. The summed E-state index contributed by atoms with van der Waals surface area (Å²) < 4.78 is 6.73. The molecule has 9 nitrogen and oxygen atoms in total. The quantitative estimate of drug-likeness (QED) is 0.541. The van der Waals surface area contributed by atoms with Crippen LogP contribution in [0.2, 0.25) is 0 Å². The van der Waals surface area contributed by atoms with E-state index in [-0.39, 0.29) is 0 Å². The number of aryl methyl sites for hydroxylation is 1. The number of aromatic nitrogens is 6. The van der Waals surface area contributed by atoms with Gasteiger partial charge in [-0.05, 0) is 29.4 Å². The van der Waals surface area contributed by atoms with Crippen molar-refractivity contribution in [2.24, 2.45) is 0 Å².